The van der Waals surface area contributed by atoms with Gasteiger partial charge >= 0.3 is 5.97 Å². The van der Waals surface area contributed by atoms with Crippen molar-refractivity contribution in [3.8, 4) is 0 Å². The van der Waals surface area contributed by atoms with Crippen molar-refractivity contribution in [1.29, 1.82) is 0 Å². The number of rotatable bonds is 2. The van der Waals surface area contributed by atoms with E-state index in [1.165, 1.54) is 14.2 Å². The second-order valence-electron chi connectivity index (χ2n) is 3.51. The minimum absolute atomic E-state index is 0.0517. The molecule has 2 aliphatic rings. The molecule has 3 atom stereocenters. The molecule has 5 nitrogen and oxygen atoms in total. The predicted molar refractivity (Wildman–Crippen MR) is 45.3 cm³/mol. The maximum absolute atomic E-state index is 11.5. The Hall–Kier alpha value is -0.650. The van der Waals surface area contributed by atoms with Gasteiger partial charge in [0.2, 0.25) is 0 Å². The highest BCUT2D eigenvalue weighted by molar-refractivity contribution is 5.73. The van der Waals surface area contributed by atoms with Gasteiger partial charge in [0.25, 0.3) is 5.97 Å². The van der Waals surface area contributed by atoms with Crippen LogP contribution in [0.15, 0.2) is 0 Å². The van der Waals surface area contributed by atoms with Crippen LogP contribution in [-0.2, 0) is 23.7 Å². The minimum atomic E-state index is -1.20. The van der Waals surface area contributed by atoms with Gasteiger partial charge in [0.15, 0.2) is 0 Å². The Balaban J connectivity index is 2.19. The maximum atomic E-state index is 11.5. The summed E-state index contributed by atoms with van der Waals surface area (Å²) in [4.78, 5) is 11.5. The molecule has 0 saturated carbocycles. The van der Waals surface area contributed by atoms with Crippen molar-refractivity contribution in [3.05, 3.63) is 0 Å². The number of methoxy groups -OCH3 is 2. The summed E-state index contributed by atoms with van der Waals surface area (Å²) in [6.07, 6.45) is 1.55. The van der Waals surface area contributed by atoms with Crippen LogP contribution in [0.5, 0.6) is 0 Å². The topological polar surface area (TPSA) is 54.0 Å². The van der Waals surface area contributed by atoms with Crippen LogP contribution in [-0.4, -0.2) is 38.9 Å². The van der Waals surface area contributed by atoms with Crippen molar-refractivity contribution >= 4 is 5.97 Å². The van der Waals surface area contributed by atoms with Crippen molar-refractivity contribution in [2.24, 2.45) is 5.92 Å². The number of carbonyl (C=O) groups excluding carboxylic acids is 1. The first-order valence-corrected chi connectivity index (χ1v) is 4.66. The molecule has 0 aromatic rings. The fourth-order valence-corrected chi connectivity index (χ4v) is 2.02. The van der Waals surface area contributed by atoms with E-state index < -0.39 is 11.9 Å². The first kappa shape index (κ1) is 9.89. The number of hydrogen-bond acceptors (Lipinski definition) is 5. The summed E-state index contributed by atoms with van der Waals surface area (Å²) in [6, 6.07) is 0. The molecule has 0 aromatic heterocycles. The van der Waals surface area contributed by atoms with Crippen LogP contribution in [0.1, 0.15) is 12.8 Å². The van der Waals surface area contributed by atoms with E-state index in [0.29, 0.717) is 13.0 Å². The Bertz CT molecular complexity index is 241. The summed E-state index contributed by atoms with van der Waals surface area (Å²) in [7, 11) is 2.83. The highest BCUT2D eigenvalue weighted by atomic mass is 16.9. The van der Waals surface area contributed by atoms with Crippen LogP contribution in [0.25, 0.3) is 0 Å². The lowest BCUT2D eigenvalue weighted by Gasteiger charge is -2.35. The molecule has 0 unspecified atom stereocenters. The summed E-state index contributed by atoms with van der Waals surface area (Å²) in [5.41, 5.74) is 0. The minimum Gasteiger partial charge on any atom is -0.469 e. The fourth-order valence-electron chi connectivity index (χ4n) is 2.02. The van der Waals surface area contributed by atoms with Gasteiger partial charge in [0.1, 0.15) is 5.92 Å². The number of esters is 1. The fraction of sp³-hybridized carbons (Fsp3) is 0.889. The first-order valence-electron chi connectivity index (χ1n) is 4.66. The molecular weight excluding hydrogens is 188 g/mol. The Labute approximate surface area is 82.3 Å². The molecule has 0 aliphatic carbocycles. The lowest BCUT2D eigenvalue weighted by Crippen LogP contribution is -2.48. The molecular formula is C9H14O5. The van der Waals surface area contributed by atoms with Gasteiger partial charge in [-0.15, -0.1) is 0 Å². The van der Waals surface area contributed by atoms with Crippen LogP contribution in [0.4, 0.5) is 0 Å². The summed E-state index contributed by atoms with van der Waals surface area (Å²) in [5.74, 6) is -2.01. The van der Waals surface area contributed by atoms with E-state index in [0.717, 1.165) is 6.42 Å². The smallest absolute Gasteiger partial charge is 0.316 e. The molecule has 14 heavy (non-hydrogen) atoms. The Morgan fingerprint density at radius 3 is 2.86 bits per heavy atom. The van der Waals surface area contributed by atoms with E-state index in [4.69, 9.17) is 14.2 Å². The van der Waals surface area contributed by atoms with Gasteiger partial charge in [-0.3, -0.25) is 4.79 Å². The van der Waals surface area contributed by atoms with Crippen molar-refractivity contribution in [1.82, 2.24) is 0 Å². The van der Waals surface area contributed by atoms with Gasteiger partial charge in [-0.2, -0.15) is 0 Å². The summed E-state index contributed by atoms with van der Waals surface area (Å²) < 4.78 is 20.8. The molecule has 2 rings (SSSR count). The largest absolute Gasteiger partial charge is 0.469 e. The Morgan fingerprint density at radius 1 is 1.43 bits per heavy atom. The highest BCUT2D eigenvalue weighted by Gasteiger charge is 2.56. The number of carbonyl (C=O) groups is 1. The normalized spacial score (nSPS) is 41.0. The van der Waals surface area contributed by atoms with Crippen LogP contribution in [0.3, 0.4) is 0 Å². The summed E-state index contributed by atoms with van der Waals surface area (Å²) in [5, 5.41) is 0. The molecule has 0 spiro atoms. The van der Waals surface area contributed by atoms with Crippen molar-refractivity contribution in [3.63, 3.8) is 0 Å². The van der Waals surface area contributed by atoms with Gasteiger partial charge in [0.05, 0.1) is 19.8 Å². The second kappa shape index (κ2) is 3.49. The zero-order chi connectivity index (χ0) is 10.2. The van der Waals surface area contributed by atoms with E-state index in [9.17, 15) is 4.79 Å². The molecule has 2 bridgehead atoms. The van der Waals surface area contributed by atoms with Gasteiger partial charge < -0.3 is 18.9 Å². The van der Waals surface area contributed by atoms with E-state index in [1.807, 2.05) is 0 Å². The van der Waals surface area contributed by atoms with E-state index >= 15 is 0 Å². The third-order valence-electron chi connectivity index (χ3n) is 2.78. The summed E-state index contributed by atoms with van der Waals surface area (Å²) in [6.45, 7) is 0.487. The highest BCUT2D eigenvalue weighted by Crippen LogP contribution is 2.41. The molecule has 0 amide bonds. The van der Waals surface area contributed by atoms with Crippen molar-refractivity contribution in [2.45, 2.75) is 24.9 Å². The molecule has 5 heteroatoms. The zero-order valence-corrected chi connectivity index (χ0v) is 8.32. The zero-order valence-electron chi connectivity index (χ0n) is 8.32. The quantitative estimate of drug-likeness (QED) is 0.602. The van der Waals surface area contributed by atoms with Gasteiger partial charge in [0, 0.05) is 7.11 Å². The SMILES string of the molecule is COC(=O)[C@H]1CC[C@H]2CO[C@]1(OC)O2. The van der Waals surface area contributed by atoms with Crippen LogP contribution in [0, 0.1) is 5.92 Å². The van der Waals surface area contributed by atoms with E-state index in [2.05, 4.69) is 4.74 Å². The molecule has 80 valence electrons. The number of hydrogen-bond donors (Lipinski definition) is 0. The first-order chi connectivity index (χ1) is 6.72. The number of fused-ring (bicyclic) bond motifs is 2. The van der Waals surface area contributed by atoms with Crippen molar-refractivity contribution in [2.75, 3.05) is 20.8 Å². The molecule has 2 fully saturated rings. The van der Waals surface area contributed by atoms with E-state index in [-0.39, 0.29) is 12.1 Å². The Morgan fingerprint density at radius 2 is 2.21 bits per heavy atom. The average molecular weight is 202 g/mol. The third-order valence-corrected chi connectivity index (χ3v) is 2.78. The lowest BCUT2D eigenvalue weighted by atomic mass is 9.96. The van der Waals surface area contributed by atoms with Crippen molar-refractivity contribution < 1.29 is 23.7 Å². The summed E-state index contributed by atoms with van der Waals surface area (Å²) >= 11 is 0. The Kier molecular flexibility index (Phi) is 2.47. The standard InChI is InChI=1S/C9H14O5/c1-11-8(10)7-4-3-6-5-13-9(7,12-2)14-6/h6-7H,3-5H2,1-2H3/t6-,7+,9-/m0/s1. The van der Waals surface area contributed by atoms with E-state index in [1.54, 1.807) is 0 Å². The molecule has 0 N–H and O–H groups in total. The lowest BCUT2D eigenvalue weighted by molar-refractivity contribution is -0.360. The molecule has 2 heterocycles. The van der Waals surface area contributed by atoms with Gasteiger partial charge in [-0.1, -0.05) is 0 Å². The van der Waals surface area contributed by atoms with Crippen LogP contribution in [0.2, 0.25) is 0 Å². The second-order valence-corrected chi connectivity index (χ2v) is 3.51. The monoisotopic (exact) mass is 202 g/mol. The molecule has 0 radical (unpaired) electrons. The maximum Gasteiger partial charge on any atom is 0.316 e. The van der Waals surface area contributed by atoms with Gasteiger partial charge in [-0.05, 0) is 12.8 Å². The van der Waals surface area contributed by atoms with Crippen LogP contribution < -0.4 is 0 Å². The van der Waals surface area contributed by atoms with Gasteiger partial charge in [-0.25, -0.2) is 0 Å². The number of ether oxygens (including phenoxy) is 4. The predicted octanol–water partition coefficient (Wildman–Crippen LogP) is 0.285. The third kappa shape index (κ3) is 1.32. The average Bonchev–Trinajstić information content (AvgIpc) is 2.56. The molecule has 2 saturated heterocycles. The molecule has 0 aromatic carbocycles. The molecule has 2 aliphatic heterocycles. The van der Waals surface area contributed by atoms with Crippen LogP contribution >= 0.6 is 0 Å².